The van der Waals surface area contributed by atoms with Crippen LogP contribution in [0.1, 0.15) is 0 Å². The fraction of sp³-hybridized carbons (Fsp3) is 0.125. The Morgan fingerprint density at radius 2 is 1.78 bits per heavy atom. The minimum Gasteiger partial charge on any atom is -0.454 e. The molecule has 0 radical (unpaired) electrons. The molecule has 140 valence electrons. The van der Waals surface area contributed by atoms with Crippen molar-refractivity contribution < 1.29 is 22.7 Å². The van der Waals surface area contributed by atoms with E-state index in [1.165, 1.54) is 11.3 Å². The summed E-state index contributed by atoms with van der Waals surface area (Å²) in [6.45, 7) is 0.163. The largest absolute Gasteiger partial charge is 0.454 e. The van der Waals surface area contributed by atoms with Gasteiger partial charge in [0.15, 0.2) is 16.6 Å². The summed E-state index contributed by atoms with van der Waals surface area (Å²) in [6.07, 6.45) is 1.06. The van der Waals surface area contributed by atoms with Gasteiger partial charge in [-0.3, -0.25) is 4.72 Å². The molecule has 2 amide bonds. The lowest BCUT2D eigenvalue weighted by atomic mass is 10.3. The number of nitrogens with one attached hydrogen (secondary N) is 3. The molecule has 0 atom stereocenters. The molecule has 11 heteroatoms. The number of fused-ring (bicyclic) bond motifs is 2. The van der Waals surface area contributed by atoms with Crippen molar-refractivity contribution in [3.63, 3.8) is 0 Å². The van der Waals surface area contributed by atoms with Gasteiger partial charge in [-0.15, -0.1) is 0 Å². The normalized spacial score (nSPS) is 12.8. The first-order valence-corrected chi connectivity index (χ1v) is 10.4. The molecular formula is C16H14N4O5S2. The van der Waals surface area contributed by atoms with Crippen molar-refractivity contribution in [1.29, 1.82) is 0 Å². The van der Waals surface area contributed by atoms with Gasteiger partial charge in [-0.05, 0) is 30.3 Å². The number of aromatic nitrogens is 1. The van der Waals surface area contributed by atoms with Gasteiger partial charge in [0, 0.05) is 17.4 Å². The number of anilines is 3. The zero-order valence-electron chi connectivity index (χ0n) is 14.0. The summed E-state index contributed by atoms with van der Waals surface area (Å²) in [5, 5.41) is 5.71. The number of nitrogens with zero attached hydrogens (tertiary/aromatic N) is 1. The van der Waals surface area contributed by atoms with Crippen LogP contribution in [0.25, 0.3) is 10.2 Å². The molecule has 1 aromatic heterocycles. The number of ether oxygens (including phenoxy) is 2. The van der Waals surface area contributed by atoms with Gasteiger partial charge < -0.3 is 20.1 Å². The van der Waals surface area contributed by atoms with E-state index in [-0.39, 0.29) is 11.9 Å². The van der Waals surface area contributed by atoms with E-state index >= 15 is 0 Å². The van der Waals surface area contributed by atoms with E-state index in [2.05, 4.69) is 20.3 Å². The lowest BCUT2D eigenvalue weighted by molar-refractivity contribution is 0.174. The highest BCUT2D eigenvalue weighted by molar-refractivity contribution is 7.92. The van der Waals surface area contributed by atoms with Crippen LogP contribution in [0, 0.1) is 0 Å². The number of carbonyl (C=O) groups is 1. The molecule has 0 saturated carbocycles. The molecule has 0 bridgehead atoms. The Bertz CT molecular complexity index is 1140. The van der Waals surface area contributed by atoms with Crippen LogP contribution in [0.3, 0.4) is 0 Å². The minimum atomic E-state index is -3.39. The van der Waals surface area contributed by atoms with Crippen molar-refractivity contribution in [3.05, 3.63) is 36.4 Å². The number of sulfonamides is 1. The number of thiazole rings is 1. The van der Waals surface area contributed by atoms with Gasteiger partial charge in [0.05, 0.1) is 16.5 Å². The molecular weight excluding hydrogens is 392 g/mol. The number of rotatable bonds is 4. The molecule has 0 saturated heterocycles. The van der Waals surface area contributed by atoms with Gasteiger partial charge in [0.2, 0.25) is 16.8 Å². The number of hydrogen-bond acceptors (Lipinski definition) is 7. The maximum Gasteiger partial charge on any atom is 0.323 e. The van der Waals surface area contributed by atoms with E-state index in [0.717, 1.165) is 11.0 Å². The zero-order chi connectivity index (χ0) is 19.0. The molecule has 9 nitrogen and oxygen atoms in total. The Labute approximate surface area is 158 Å². The first kappa shape index (κ1) is 17.4. The Balaban J connectivity index is 1.46. The van der Waals surface area contributed by atoms with Crippen molar-refractivity contribution in [3.8, 4) is 11.5 Å². The predicted molar refractivity (Wildman–Crippen MR) is 103 cm³/mol. The Morgan fingerprint density at radius 1 is 1.07 bits per heavy atom. The summed E-state index contributed by atoms with van der Waals surface area (Å²) in [6, 6.07) is 9.80. The molecule has 3 N–H and O–H groups in total. The topological polar surface area (TPSA) is 119 Å². The summed E-state index contributed by atoms with van der Waals surface area (Å²) in [4.78, 5) is 16.4. The van der Waals surface area contributed by atoms with E-state index < -0.39 is 16.1 Å². The third-order valence-electron chi connectivity index (χ3n) is 3.55. The third kappa shape index (κ3) is 4.04. The molecule has 1 aliphatic rings. The number of urea groups is 1. The average molecular weight is 406 g/mol. The first-order chi connectivity index (χ1) is 12.9. The average Bonchev–Trinajstić information content (AvgIpc) is 3.18. The Hall–Kier alpha value is -3.05. The van der Waals surface area contributed by atoms with Crippen LogP contribution >= 0.6 is 11.3 Å². The van der Waals surface area contributed by atoms with Crippen LogP contribution in [0.5, 0.6) is 11.5 Å². The zero-order valence-corrected chi connectivity index (χ0v) is 15.6. The quantitative estimate of drug-likeness (QED) is 0.613. The minimum absolute atomic E-state index is 0.163. The maximum absolute atomic E-state index is 12.2. The second-order valence-corrected chi connectivity index (χ2v) is 8.50. The molecule has 0 aliphatic carbocycles. The number of carbonyl (C=O) groups excluding carboxylic acids is 1. The van der Waals surface area contributed by atoms with Crippen LogP contribution < -0.4 is 24.8 Å². The SMILES string of the molecule is CS(=O)(=O)Nc1nc2ccc(NC(=O)Nc3ccc4c(c3)OCO4)cc2s1. The van der Waals surface area contributed by atoms with Crippen molar-refractivity contribution in [1.82, 2.24) is 4.98 Å². The van der Waals surface area contributed by atoms with E-state index in [0.29, 0.717) is 28.4 Å². The van der Waals surface area contributed by atoms with E-state index in [4.69, 9.17) is 9.47 Å². The number of amides is 2. The summed E-state index contributed by atoms with van der Waals surface area (Å²) in [5.74, 6) is 1.21. The van der Waals surface area contributed by atoms with Crippen LogP contribution in [0.4, 0.5) is 21.3 Å². The highest BCUT2D eigenvalue weighted by Crippen LogP contribution is 2.34. The molecule has 27 heavy (non-hydrogen) atoms. The molecule has 0 spiro atoms. The highest BCUT2D eigenvalue weighted by Gasteiger charge is 2.14. The van der Waals surface area contributed by atoms with Crippen LogP contribution in [-0.4, -0.2) is 32.5 Å². The molecule has 1 aliphatic heterocycles. The van der Waals surface area contributed by atoms with Crippen molar-refractivity contribution in [2.75, 3.05) is 28.4 Å². The van der Waals surface area contributed by atoms with E-state index in [9.17, 15) is 13.2 Å². The van der Waals surface area contributed by atoms with Crippen LogP contribution in [0.2, 0.25) is 0 Å². The van der Waals surface area contributed by atoms with Gasteiger partial charge in [-0.1, -0.05) is 11.3 Å². The molecule has 4 rings (SSSR count). The van der Waals surface area contributed by atoms with E-state index in [1.54, 1.807) is 36.4 Å². The smallest absolute Gasteiger partial charge is 0.323 e. The van der Waals surface area contributed by atoms with Crippen LogP contribution in [-0.2, 0) is 10.0 Å². The standard InChI is InChI=1S/C16H14N4O5S2/c1-27(22,23)20-16-19-11-4-2-10(7-14(11)26-16)18-15(21)17-9-3-5-12-13(6-9)25-8-24-12/h2-7H,8H2,1H3,(H,19,20)(H2,17,18,21). The lowest BCUT2D eigenvalue weighted by Crippen LogP contribution is -2.19. The monoisotopic (exact) mass is 406 g/mol. The van der Waals surface area contributed by atoms with Gasteiger partial charge in [-0.2, -0.15) is 0 Å². The van der Waals surface area contributed by atoms with Crippen molar-refractivity contribution in [2.45, 2.75) is 0 Å². The van der Waals surface area contributed by atoms with Crippen LogP contribution in [0.15, 0.2) is 36.4 Å². The van der Waals surface area contributed by atoms with Gasteiger partial charge in [-0.25, -0.2) is 18.2 Å². The molecule has 0 fully saturated rings. The highest BCUT2D eigenvalue weighted by atomic mass is 32.2. The molecule has 2 heterocycles. The first-order valence-electron chi connectivity index (χ1n) is 7.72. The second-order valence-electron chi connectivity index (χ2n) is 5.72. The summed E-state index contributed by atoms with van der Waals surface area (Å²) < 4.78 is 36.2. The molecule has 0 unspecified atom stereocenters. The summed E-state index contributed by atoms with van der Waals surface area (Å²) >= 11 is 1.18. The third-order valence-corrected chi connectivity index (χ3v) is 5.18. The maximum atomic E-state index is 12.2. The van der Waals surface area contributed by atoms with Gasteiger partial charge >= 0.3 is 6.03 Å². The Kier molecular flexibility index (Phi) is 4.24. The van der Waals surface area contributed by atoms with Gasteiger partial charge in [0.1, 0.15) is 0 Å². The summed E-state index contributed by atoms with van der Waals surface area (Å²) in [7, 11) is -3.39. The van der Waals surface area contributed by atoms with E-state index in [1.807, 2.05) is 0 Å². The predicted octanol–water partition coefficient (Wildman–Crippen LogP) is 3.04. The fourth-order valence-corrected chi connectivity index (χ4v) is 4.21. The van der Waals surface area contributed by atoms with Crippen molar-refractivity contribution >= 4 is 54.1 Å². The Morgan fingerprint density at radius 3 is 2.56 bits per heavy atom. The lowest BCUT2D eigenvalue weighted by Gasteiger charge is -2.08. The number of benzene rings is 2. The molecule has 2 aromatic carbocycles. The van der Waals surface area contributed by atoms with Crippen molar-refractivity contribution in [2.24, 2.45) is 0 Å². The fourth-order valence-electron chi connectivity index (χ4n) is 2.47. The van der Waals surface area contributed by atoms with Gasteiger partial charge in [0.25, 0.3) is 0 Å². The number of hydrogen-bond donors (Lipinski definition) is 3. The summed E-state index contributed by atoms with van der Waals surface area (Å²) in [5.41, 5.74) is 1.75. The second kappa shape index (κ2) is 6.59. The molecule has 3 aromatic rings.